The third kappa shape index (κ3) is 2.68. The lowest BCUT2D eigenvalue weighted by Gasteiger charge is -2.30. The molecule has 0 aliphatic carbocycles. The first-order valence-electron chi connectivity index (χ1n) is 4.70. The van der Waals surface area contributed by atoms with Gasteiger partial charge in [-0.25, -0.2) is 4.39 Å². The van der Waals surface area contributed by atoms with Gasteiger partial charge in [-0.15, -0.1) is 0 Å². The van der Waals surface area contributed by atoms with Crippen molar-refractivity contribution in [2.24, 2.45) is 11.1 Å². The van der Waals surface area contributed by atoms with Gasteiger partial charge in [-0.2, -0.15) is 0 Å². The first-order chi connectivity index (χ1) is 6.88. The number of benzene rings is 1. The highest BCUT2D eigenvalue weighted by Crippen LogP contribution is 2.34. The molecule has 15 heavy (non-hydrogen) atoms. The molecule has 1 atom stereocenters. The number of hydrogen-bond acceptors (Lipinski definition) is 2. The molecule has 1 aromatic rings. The molecular formula is C11H15ClFNO. The molecule has 1 rings (SSSR count). The standard InChI is InChI=1S/C11H15ClFNO/c1-11(2,6-15)10(14)8-4-3-7(13)5-9(8)12/h3-5,10,15H,6,14H2,1-2H3/t10-/m0/s1. The first kappa shape index (κ1) is 12.4. The van der Waals surface area contributed by atoms with Crippen molar-refractivity contribution >= 4 is 11.6 Å². The second-order valence-corrected chi connectivity index (χ2v) is 4.70. The average molecular weight is 232 g/mol. The number of aliphatic hydroxyl groups is 1. The summed E-state index contributed by atoms with van der Waals surface area (Å²) >= 11 is 5.89. The van der Waals surface area contributed by atoms with E-state index in [4.69, 9.17) is 17.3 Å². The Morgan fingerprint density at radius 2 is 2.13 bits per heavy atom. The van der Waals surface area contributed by atoms with Gasteiger partial charge in [0.2, 0.25) is 0 Å². The van der Waals surface area contributed by atoms with Crippen LogP contribution in [0.2, 0.25) is 5.02 Å². The second-order valence-electron chi connectivity index (χ2n) is 4.29. The van der Waals surface area contributed by atoms with Crippen LogP contribution < -0.4 is 5.73 Å². The lowest BCUT2D eigenvalue weighted by atomic mass is 9.82. The van der Waals surface area contributed by atoms with E-state index in [1.54, 1.807) is 6.07 Å². The molecule has 3 N–H and O–H groups in total. The van der Waals surface area contributed by atoms with Crippen LogP contribution in [0.5, 0.6) is 0 Å². The van der Waals surface area contributed by atoms with Gasteiger partial charge in [0.25, 0.3) is 0 Å². The summed E-state index contributed by atoms with van der Waals surface area (Å²) in [5, 5.41) is 9.47. The molecule has 2 nitrogen and oxygen atoms in total. The van der Waals surface area contributed by atoms with Crippen LogP contribution in [0.25, 0.3) is 0 Å². The maximum atomic E-state index is 12.8. The van der Waals surface area contributed by atoms with E-state index >= 15 is 0 Å². The van der Waals surface area contributed by atoms with Crippen molar-refractivity contribution in [3.8, 4) is 0 Å². The molecule has 0 aliphatic rings. The molecule has 0 heterocycles. The number of rotatable bonds is 3. The van der Waals surface area contributed by atoms with Crippen LogP contribution >= 0.6 is 11.6 Å². The van der Waals surface area contributed by atoms with Crippen LogP contribution in [0.4, 0.5) is 4.39 Å². The second kappa shape index (κ2) is 4.47. The van der Waals surface area contributed by atoms with Gasteiger partial charge in [0.15, 0.2) is 0 Å². The fraction of sp³-hybridized carbons (Fsp3) is 0.455. The van der Waals surface area contributed by atoms with E-state index in [1.165, 1.54) is 12.1 Å². The smallest absolute Gasteiger partial charge is 0.124 e. The Morgan fingerprint density at radius 3 is 2.60 bits per heavy atom. The summed E-state index contributed by atoms with van der Waals surface area (Å²) in [6.45, 7) is 3.61. The molecule has 0 aliphatic heterocycles. The monoisotopic (exact) mass is 231 g/mol. The summed E-state index contributed by atoms with van der Waals surface area (Å²) in [6.07, 6.45) is 0. The predicted octanol–water partition coefficient (Wildman–Crippen LogP) is 2.50. The summed E-state index contributed by atoms with van der Waals surface area (Å²) in [6, 6.07) is 3.67. The van der Waals surface area contributed by atoms with Gasteiger partial charge in [-0.05, 0) is 17.7 Å². The van der Waals surface area contributed by atoms with E-state index in [0.29, 0.717) is 10.6 Å². The quantitative estimate of drug-likeness (QED) is 0.840. The van der Waals surface area contributed by atoms with Crippen LogP contribution in [0, 0.1) is 11.2 Å². The van der Waals surface area contributed by atoms with Crippen molar-refractivity contribution in [3.63, 3.8) is 0 Å². The third-order valence-corrected chi connectivity index (χ3v) is 2.87. The minimum Gasteiger partial charge on any atom is -0.396 e. The molecule has 0 saturated heterocycles. The fourth-order valence-electron chi connectivity index (χ4n) is 1.27. The summed E-state index contributed by atoms with van der Waals surface area (Å²) in [4.78, 5) is 0. The molecule has 0 aromatic heterocycles. The number of hydrogen-bond donors (Lipinski definition) is 2. The maximum Gasteiger partial charge on any atom is 0.124 e. The molecule has 0 fully saturated rings. The highest BCUT2D eigenvalue weighted by atomic mass is 35.5. The van der Waals surface area contributed by atoms with Crippen LogP contribution in [-0.4, -0.2) is 11.7 Å². The minimum absolute atomic E-state index is 0.0537. The predicted molar refractivity (Wildman–Crippen MR) is 59.2 cm³/mol. The molecule has 4 heteroatoms. The van der Waals surface area contributed by atoms with Gasteiger partial charge < -0.3 is 10.8 Å². The molecule has 0 spiro atoms. The maximum absolute atomic E-state index is 12.8. The van der Waals surface area contributed by atoms with Crippen molar-refractivity contribution in [1.82, 2.24) is 0 Å². The van der Waals surface area contributed by atoms with Gasteiger partial charge >= 0.3 is 0 Å². The van der Waals surface area contributed by atoms with E-state index in [0.717, 1.165) is 0 Å². The van der Waals surface area contributed by atoms with Gasteiger partial charge in [0.05, 0.1) is 0 Å². The van der Waals surface area contributed by atoms with Gasteiger partial charge in [0.1, 0.15) is 5.82 Å². The summed E-state index contributed by atoms with van der Waals surface area (Å²) in [5.41, 5.74) is 6.13. The van der Waals surface area contributed by atoms with Crippen molar-refractivity contribution < 1.29 is 9.50 Å². The molecular weight excluding hydrogens is 217 g/mol. The Bertz CT molecular complexity index is 354. The van der Waals surface area contributed by atoms with E-state index in [9.17, 15) is 9.50 Å². The SMILES string of the molecule is CC(C)(CO)[C@@H](N)c1ccc(F)cc1Cl. The average Bonchev–Trinajstić information content (AvgIpc) is 2.17. The normalized spacial score (nSPS) is 14.0. The zero-order chi connectivity index (χ0) is 11.6. The van der Waals surface area contributed by atoms with E-state index in [1.807, 2.05) is 13.8 Å². The largest absolute Gasteiger partial charge is 0.396 e. The fourth-order valence-corrected chi connectivity index (χ4v) is 1.56. The Labute approximate surface area is 93.9 Å². The van der Waals surface area contributed by atoms with Gasteiger partial charge in [0, 0.05) is 23.1 Å². The Morgan fingerprint density at radius 1 is 1.53 bits per heavy atom. The summed E-state index contributed by atoms with van der Waals surface area (Å²) < 4.78 is 12.8. The lowest BCUT2D eigenvalue weighted by molar-refractivity contribution is 0.132. The van der Waals surface area contributed by atoms with Gasteiger partial charge in [-0.1, -0.05) is 31.5 Å². The highest BCUT2D eigenvalue weighted by molar-refractivity contribution is 6.31. The van der Waals surface area contributed by atoms with Crippen molar-refractivity contribution in [1.29, 1.82) is 0 Å². The van der Waals surface area contributed by atoms with E-state index in [-0.39, 0.29) is 6.61 Å². The zero-order valence-electron chi connectivity index (χ0n) is 8.80. The van der Waals surface area contributed by atoms with Crippen LogP contribution in [-0.2, 0) is 0 Å². The molecule has 0 amide bonds. The minimum atomic E-state index is -0.485. The molecule has 0 unspecified atom stereocenters. The number of halogens is 2. The first-order valence-corrected chi connectivity index (χ1v) is 5.07. The topological polar surface area (TPSA) is 46.2 Å². The van der Waals surface area contributed by atoms with Crippen molar-refractivity contribution in [3.05, 3.63) is 34.6 Å². The van der Waals surface area contributed by atoms with Gasteiger partial charge in [-0.3, -0.25) is 0 Å². The van der Waals surface area contributed by atoms with E-state index < -0.39 is 17.3 Å². The van der Waals surface area contributed by atoms with Crippen LogP contribution in [0.1, 0.15) is 25.5 Å². The van der Waals surface area contributed by atoms with Crippen molar-refractivity contribution in [2.45, 2.75) is 19.9 Å². The van der Waals surface area contributed by atoms with Crippen LogP contribution in [0.15, 0.2) is 18.2 Å². The van der Waals surface area contributed by atoms with E-state index in [2.05, 4.69) is 0 Å². The molecule has 0 bridgehead atoms. The third-order valence-electron chi connectivity index (χ3n) is 2.55. The molecule has 1 aromatic carbocycles. The number of aliphatic hydroxyl groups excluding tert-OH is 1. The Balaban J connectivity index is 3.06. The zero-order valence-corrected chi connectivity index (χ0v) is 9.55. The molecule has 84 valence electrons. The Kier molecular flexibility index (Phi) is 3.71. The summed E-state index contributed by atoms with van der Waals surface area (Å²) in [7, 11) is 0. The summed E-state index contributed by atoms with van der Waals surface area (Å²) in [5.74, 6) is -0.391. The molecule has 0 saturated carbocycles. The molecule has 0 radical (unpaired) electrons. The highest BCUT2D eigenvalue weighted by Gasteiger charge is 2.28. The van der Waals surface area contributed by atoms with Crippen LogP contribution in [0.3, 0.4) is 0 Å². The lowest BCUT2D eigenvalue weighted by Crippen LogP contribution is -2.32. The van der Waals surface area contributed by atoms with Crippen molar-refractivity contribution in [2.75, 3.05) is 6.61 Å². The Hall–Kier alpha value is -0.640. The number of nitrogens with two attached hydrogens (primary N) is 1.